The molecule has 0 atom stereocenters. The molecule has 0 saturated heterocycles. The molecule has 7 nitrogen and oxygen atoms in total. The summed E-state index contributed by atoms with van der Waals surface area (Å²) in [5.74, 6) is 0.0342. The van der Waals surface area contributed by atoms with Crippen molar-refractivity contribution in [3.8, 4) is 0 Å². The van der Waals surface area contributed by atoms with Crippen LogP contribution in [0.25, 0.3) is 0 Å². The number of aromatic nitrogens is 1. The summed E-state index contributed by atoms with van der Waals surface area (Å²) in [6, 6.07) is 3.32. The van der Waals surface area contributed by atoms with E-state index >= 15 is 0 Å². The molecule has 1 amide bonds. The molecule has 0 saturated carbocycles. The predicted octanol–water partition coefficient (Wildman–Crippen LogP) is 0.525. The first-order chi connectivity index (χ1) is 9.88. The Kier molecular flexibility index (Phi) is 6.57. The third-order valence-corrected chi connectivity index (χ3v) is 4.63. The second-order valence-corrected chi connectivity index (χ2v) is 6.98. The first kappa shape index (κ1) is 17.4. The molecule has 21 heavy (non-hydrogen) atoms. The molecule has 0 spiro atoms. The molecule has 8 heteroatoms. The topological polar surface area (TPSA) is 91.4 Å². The zero-order valence-corrected chi connectivity index (χ0v) is 13.4. The fraction of sp³-hybridized carbons (Fsp3) is 0.538. The van der Waals surface area contributed by atoms with E-state index in [-0.39, 0.29) is 18.2 Å². The van der Waals surface area contributed by atoms with Gasteiger partial charge in [0, 0.05) is 33.4 Å². The van der Waals surface area contributed by atoms with E-state index in [0.29, 0.717) is 17.9 Å². The molecular weight excluding hydrogens is 292 g/mol. The van der Waals surface area contributed by atoms with Crippen molar-refractivity contribution in [1.29, 1.82) is 0 Å². The molecule has 2 N–H and O–H groups in total. The Labute approximate surface area is 125 Å². The van der Waals surface area contributed by atoms with Crippen LogP contribution in [0, 0.1) is 0 Å². The second kappa shape index (κ2) is 7.94. The van der Waals surface area contributed by atoms with Gasteiger partial charge < -0.3 is 10.6 Å². The largest absolute Gasteiger partial charge is 0.369 e. The lowest BCUT2D eigenvalue weighted by molar-refractivity contribution is 0.0956. The molecule has 1 heterocycles. The summed E-state index contributed by atoms with van der Waals surface area (Å²) in [4.78, 5) is 16.2. The third-order valence-electron chi connectivity index (χ3n) is 2.80. The quantitative estimate of drug-likeness (QED) is 0.730. The minimum Gasteiger partial charge on any atom is -0.369 e. The Bertz CT molecular complexity index is 573. The van der Waals surface area contributed by atoms with Crippen molar-refractivity contribution < 1.29 is 13.2 Å². The normalized spacial score (nSPS) is 11.4. The SMILES string of the molecule is CCCNc1ncccc1C(=O)NCCS(=O)(=O)N(C)C. The highest BCUT2D eigenvalue weighted by Gasteiger charge is 2.15. The maximum Gasteiger partial charge on any atom is 0.255 e. The molecule has 1 rings (SSSR count). The van der Waals surface area contributed by atoms with E-state index in [2.05, 4.69) is 15.6 Å². The van der Waals surface area contributed by atoms with Crippen LogP contribution in [0.1, 0.15) is 23.7 Å². The number of nitrogens with zero attached hydrogens (tertiary/aromatic N) is 2. The number of sulfonamides is 1. The van der Waals surface area contributed by atoms with Crippen LogP contribution in [0.4, 0.5) is 5.82 Å². The molecule has 0 radical (unpaired) electrons. The van der Waals surface area contributed by atoms with Gasteiger partial charge in [0.2, 0.25) is 10.0 Å². The maximum absolute atomic E-state index is 12.1. The Hall–Kier alpha value is -1.67. The molecule has 0 aliphatic carbocycles. The number of carbonyl (C=O) groups excluding carboxylic acids is 1. The lowest BCUT2D eigenvalue weighted by Gasteiger charge is -2.13. The van der Waals surface area contributed by atoms with Gasteiger partial charge in [-0.3, -0.25) is 4.79 Å². The van der Waals surface area contributed by atoms with Crippen LogP contribution in [-0.4, -0.2) is 56.6 Å². The van der Waals surface area contributed by atoms with Crippen LogP contribution in [0.2, 0.25) is 0 Å². The summed E-state index contributed by atoms with van der Waals surface area (Å²) in [5, 5.41) is 5.67. The van der Waals surface area contributed by atoms with Gasteiger partial charge in [0.15, 0.2) is 0 Å². The highest BCUT2D eigenvalue weighted by atomic mass is 32.2. The first-order valence-corrected chi connectivity index (χ1v) is 8.36. The number of pyridine rings is 1. The molecular formula is C13H22N4O3S. The number of anilines is 1. The molecule has 0 bridgehead atoms. The zero-order valence-electron chi connectivity index (χ0n) is 12.6. The highest BCUT2D eigenvalue weighted by molar-refractivity contribution is 7.89. The van der Waals surface area contributed by atoms with Crippen LogP contribution in [0.5, 0.6) is 0 Å². The summed E-state index contributed by atoms with van der Waals surface area (Å²) in [6.45, 7) is 2.79. The van der Waals surface area contributed by atoms with Crippen LogP contribution in [0.3, 0.4) is 0 Å². The second-order valence-electron chi connectivity index (χ2n) is 4.68. The van der Waals surface area contributed by atoms with Gasteiger partial charge in [-0.1, -0.05) is 6.92 Å². The predicted molar refractivity (Wildman–Crippen MR) is 82.8 cm³/mol. The van der Waals surface area contributed by atoms with Crippen LogP contribution in [-0.2, 0) is 10.0 Å². The average Bonchev–Trinajstić information content (AvgIpc) is 2.45. The van der Waals surface area contributed by atoms with Gasteiger partial charge in [-0.15, -0.1) is 0 Å². The minimum absolute atomic E-state index is 0.0570. The molecule has 0 unspecified atom stereocenters. The molecule has 0 aromatic carbocycles. The number of hydrogen-bond acceptors (Lipinski definition) is 5. The van der Waals surface area contributed by atoms with Crippen molar-refractivity contribution in [2.24, 2.45) is 0 Å². The van der Waals surface area contributed by atoms with Crippen LogP contribution >= 0.6 is 0 Å². The Balaban J connectivity index is 2.64. The van der Waals surface area contributed by atoms with Crippen molar-refractivity contribution in [2.45, 2.75) is 13.3 Å². The number of carbonyl (C=O) groups is 1. The van der Waals surface area contributed by atoms with Crippen molar-refractivity contribution >= 4 is 21.7 Å². The molecule has 0 aliphatic rings. The van der Waals surface area contributed by atoms with Gasteiger partial charge in [-0.25, -0.2) is 17.7 Å². The van der Waals surface area contributed by atoms with Crippen molar-refractivity contribution in [2.75, 3.05) is 38.3 Å². The van der Waals surface area contributed by atoms with Crippen molar-refractivity contribution in [3.05, 3.63) is 23.9 Å². The number of amides is 1. The van der Waals surface area contributed by atoms with E-state index < -0.39 is 10.0 Å². The maximum atomic E-state index is 12.1. The summed E-state index contributed by atoms with van der Waals surface area (Å²) in [5.41, 5.74) is 0.410. The van der Waals surface area contributed by atoms with Crippen LogP contribution < -0.4 is 10.6 Å². The lowest BCUT2D eigenvalue weighted by Crippen LogP contribution is -2.34. The van der Waals surface area contributed by atoms with Gasteiger partial charge in [-0.2, -0.15) is 0 Å². The van der Waals surface area contributed by atoms with Gasteiger partial charge in [-0.05, 0) is 18.6 Å². The van der Waals surface area contributed by atoms with Gasteiger partial charge >= 0.3 is 0 Å². The Morgan fingerprint density at radius 2 is 2.05 bits per heavy atom. The average molecular weight is 314 g/mol. The minimum atomic E-state index is -3.31. The fourth-order valence-electron chi connectivity index (χ4n) is 1.54. The Morgan fingerprint density at radius 1 is 1.33 bits per heavy atom. The number of rotatable bonds is 8. The van der Waals surface area contributed by atoms with Gasteiger partial charge in [0.1, 0.15) is 5.82 Å². The summed E-state index contributed by atoms with van der Waals surface area (Å²) in [6.07, 6.45) is 2.52. The monoisotopic (exact) mass is 314 g/mol. The first-order valence-electron chi connectivity index (χ1n) is 6.75. The van der Waals surface area contributed by atoms with E-state index in [9.17, 15) is 13.2 Å². The summed E-state index contributed by atoms with van der Waals surface area (Å²) in [7, 11) is -0.386. The van der Waals surface area contributed by atoms with E-state index in [1.54, 1.807) is 18.3 Å². The van der Waals surface area contributed by atoms with E-state index in [1.165, 1.54) is 14.1 Å². The zero-order chi connectivity index (χ0) is 15.9. The smallest absolute Gasteiger partial charge is 0.255 e. The van der Waals surface area contributed by atoms with Gasteiger partial charge in [0.05, 0.1) is 11.3 Å². The van der Waals surface area contributed by atoms with Crippen LogP contribution in [0.15, 0.2) is 18.3 Å². The summed E-state index contributed by atoms with van der Waals surface area (Å²) >= 11 is 0. The van der Waals surface area contributed by atoms with Gasteiger partial charge in [0.25, 0.3) is 5.91 Å². The third kappa shape index (κ3) is 5.31. The molecule has 0 aliphatic heterocycles. The van der Waals surface area contributed by atoms with Crippen molar-refractivity contribution in [3.63, 3.8) is 0 Å². The lowest BCUT2D eigenvalue weighted by atomic mass is 10.2. The number of nitrogens with one attached hydrogen (secondary N) is 2. The standard InChI is InChI=1S/C13H22N4O3S/c1-4-7-14-12-11(6-5-8-15-12)13(18)16-9-10-21(19,20)17(2)3/h5-6,8H,4,7,9-10H2,1-3H3,(H,14,15)(H,16,18). The highest BCUT2D eigenvalue weighted by Crippen LogP contribution is 2.11. The van der Waals surface area contributed by atoms with E-state index in [1.807, 2.05) is 6.92 Å². The van der Waals surface area contributed by atoms with Crippen molar-refractivity contribution in [1.82, 2.24) is 14.6 Å². The molecule has 1 aromatic heterocycles. The summed E-state index contributed by atoms with van der Waals surface area (Å²) < 4.78 is 24.3. The number of hydrogen-bond donors (Lipinski definition) is 2. The molecule has 0 fully saturated rings. The fourth-order valence-corrected chi connectivity index (χ4v) is 2.27. The Morgan fingerprint density at radius 3 is 2.67 bits per heavy atom. The van der Waals surface area contributed by atoms with E-state index in [4.69, 9.17) is 0 Å². The molecule has 1 aromatic rings. The molecule has 118 valence electrons. The van der Waals surface area contributed by atoms with E-state index in [0.717, 1.165) is 10.7 Å².